The number of nitrogens with zero attached hydrogens (tertiary/aromatic N) is 5. The zero-order valence-electron chi connectivity index (χ0n) is 25.5. The summed E-state index contributed by atoms with van der Waals surface area (Å²) >= 11 is 0. The zero-order valence-corrected chi connectivity index (χ0v) is 25.5. The second-order valence-corrected chi connectivity index (χ2v) is 11.4. The lowest BCUT2D eigenvalue weighted by molar-refractivity contribution is 0.653. The van der Waals surface area contributed by atoms with Crippen molar-refractivity contribution in [3.8, 4) is 6.07 Å². The molecular weight excluding hydrogens is 594 g/mol. The lowest BCUT2D eigenvalue weighted by Crippen LogP contribution is -2.11. The summed E-state index contributed by atoms with van der Waals surface area (Å²) in [5, 5.41) is 13.7. The maximum Gasteiger partial charge on any atom is 0.157 e. The van der Waals surface area contributed by atoms with Gasteiger partial charge in [-0.3, -0.25) is 9.80 Å². The summed E-state index contributed by atoms with van der Waals surface area (Å²) in [5.74, 6) is 1.40. The van der Waals surface area contributed by atoms with Gasteiger partial charge in [-0.25, -0.2) is 9.97 Å². The molecule has 0 saturated carbocycles. The summed E-state index contributed by atoms with van der Waals surface area (Å²) in [4.78, 5) is 14.0. The summed E-state index contributed by atoms with van der Waals surface area (Å²) < 4.78 is 12.9. The molecule has 9 aromatic rings. The number of nitriles is 1. The highest BCUT2D eigenvalue weighted by Crippen LogP contribution is 2.43. The number of hydrogen-bond acceptors (Lipinski definition) is 7. The molecule has 4 aromatic heterocycles. The van der Waals surface area contributed by atoms with E-state index >= 15 is 0 Å². The minimum absolute atomic E-state index is 0.337. The van der Waals surface area contributed by atoms with Gasteiger partial charge in [-0.1, -0.05) is 72.8 Å². The van der Waals surface area contributed by atoms with Crippen molar-refractivity contribution in [2.75, 3.05) is 9.80 Å². The highest BCUT2D eigenvalue weighted by atomic mass is 16.3. The van der Waals surface area contributed by atoms with Gasteiger partial charge < -0.3 is 8.83 Å². The van der Waals surface area contributed by atoms with E-state index in [0.717, 1.165) is 44.3 Å². The Labute approximate surface area is 275 Å². The number of furan rings is 2. The molecule has 0 saturated heterocycles. The number of para-hydroxylation sites is 4. The van der Waals surface area contributed by atoms with Crippen LogP contribution in [-0.2, 0) is 0 Å². The van der Waals surface area contributed by atoms with Crippen LogP contribution in [0.4, 0.5) is 34.4 Å². The van der Waals surface area contributed by atoms with Gasteiger partial charge in [0.15, 0.2) is 11.2 Å². The number of anilines is 6. The molecule has 0 unspecified atom stereocenters. The van der Waals surface area contributed by atoms with Gasteiger partial charge in [-0.2, -0.15) is 5.26 Å². The first kappa shape index (κ1) is 27.4. The standard InChI is InChI=1S/C41H25N5O2/c42-24-33-40-31(34-25-43-38(22-36(34)47-40)45(27-13-5-1-6-14-27)28-15-7-2-8-16-28)21-32-35-26-44-39(23-37(35)48-41(32)33)46(29-17-9-3-10-18-29)30-19-11-4-12-20-30/h1-23,25-26H. The Morgan fingerprint density at radius 1 is 0.458 bits per heavy atom. The van der Waals surface area contributed by atoms with E-state index in [-0.39, 0.29) is 0 Å². The molecule has 0 spiro atoms. The van der Waals surface area contributed by atoms with Gasteiger partial charge in [0.05, 0.1) is 0 Å². The minimum atomic E-state index is 0.337. The SMILES string of the molecule is N#Cc1c2oc3cc(N(c4ccccc4)c4ccccc4)ncc3c2cc2c1oc1cc(N(c3ccccc3)c3ccccc3)ncc12. The predicted octanol–water partition coefficient (Wildman–Crippen LogP) is 11.1. The minimum Gasteiger partial charge on any atom is -0.454 e. The Balaban J connectivity index is 1.20. The first-order chi connectivity index (χ1) is 23.8. The fourth-order valence-electron chi connectivity index (χ4n) is 6.39. The Morgan fingerprint density at radius 2 is 0.812 bits per heavy atom. The van der Waals surface area contributed by atoms with Crippen LogP contribution in [0.1, 0.15) is 5.56 Å². The van der Waals surface area contributed by atoms with Crippen molar-refractivity contribution in [2.24, 2.45) is 0 Å². The first-order valence-corrected chi connectivity index (χ1v) is 15.5. The summed E-state index contributed by atoms with van der Waals surface area (Å²) in [5.41, 5.74) is 6.40. The van der Waals surface area contributed by atoms with Crippen molar-refractivity contribution < 1.29 is 8.83 Å². The highest BCUT2D eigenvalue weighted by Gasteiger charge is 2.23. The molecule has 0 aliphatic carbocycles. The van der Waals surface area contributed by atoms with E-state index in [2.05, 4.69) is 15.9 Å². The molecule has 0 fully saturated rings. The summed E-state index contributed by atoms with van der Waals surface area (Å²) in [6.07, 6.45) is 3.64. The zero-order chi connectivity index (χ0) is 32.0. The number of pyridine rings is 2. The second kappa shape index (κ2) is 11.2. The van der Waals surface area contributed by atoms with Gasteiger partial charge in [-0.15, -0.1) is 0 Å². The number of hydrogen-bond donors (Lipinski definition) is 0. The van der Waals surface area contributed by atoms with Crippen molar-refractivity contribution in [3.63, 3.8) is 0 Å². The normalized spacial score (nSPS) is 11.3. The van der Waals surface area contributed by atoms with Crippen LogP contribution in [-0.4, -0.2) is 9.97 Å². The molecule has 226 valence electrons. The van der Waals surface area contributed by atoms with Crippen LogP contribution in [0.25, 0.3) is 43.9 Å². The van der Waals surface area contributed by atoms with E-state index < -0.39 is 0 Å². The lowest BCUT2D eigenvalue weighted by atomic mass is 10.1. The average molecular weight is 620 g/mol. The van der Waals surface area contributed by atoms with Crippen LogP contribution < -0.4 is 9.80 Å². The van der Waals surface area contributed by atoms with Crippen LogP contribution in [0.15, 0.2) is 161 Å². The third kappa shape index (κ3) is 4.43. The molecule has 0 aliphatic heterocycles. The van der Waals surface area contributed by atoms with Gasteiger partial charge in [0.2, 0.25) is 0 Å². The van der Waals surface area contributed by atoms with Gasteiger partial charge in [-0.05, 0) is 54.6 Å². The molecule has 48 heavy (non-hydrogen) atoms. The number of fused-ring (bicyclic) bond motifs is 6. The Bertz CT molecular complexity index is 2370. The molecule has 0 radical (unpaired) electrons. The van der Waals surface area contributed by atoms with Crippen LogP contribution in [0.3, 0.4) is 0 Å². The highest BCUT2D eigenvalue weighted by molar-refractivity contribution is 6.18. The topological polar surface area (TPSA) is 82.3 Å². The summed E-state index contributed by atoms with van der Waals surface area (Å²) in [6, 6.07) is 48.6. The van der Waals surface area contributed by atoms with Crippen molar-refractivity contribution >= 4 is 78.3 Å². The van der Waals surface area contributed by atoms with Gasteiger partial charge in [0.1, 0.15) is 34.4 Å². The third-order valence-electron chi connectivity index (χ3n) is 8.57. The molecule has 0 aliphatic rings. The Morgan fingerprint density at radius 3 is 1.15 bits per heavy atom. The van der Waals surface area contributed by atoms with Gasteiger partial charge >= 0.3 is 0 Å². The van der Waals surface area contributed by atoms with E-state index in [9.17, 15) is 5.26 Å². The molecule has 7 nitrogen and oxygen atoms in total. The average Bonchev–Trinajstić information content (AvgIpc) is 3.70. The third-order valence-corrected chi connectivity index (χ3v) is 8.57. The van der Waals surface area contributed by atoms with E-state index in [1.807, 2.05) is 152 Å². The summed E-state index contributed by atoms with van der Waals surface area (Å²) in [7, 11) is 0. The van der Waals surface area contributed by atoms with Gasteiger partial charge in [0.25, 0.3) is 0 Å². The quantitative estimate of drug-likeness (QED) is 0.183. The molecule has 7 heteroatoms. The smallest absolute Gasteiger partial charge is 0.157 e. The lowest BCUT2D eigenvalue weighted by Gasteiger charge is -2.24. The molecule has 5 aromatic carbocycles. The predicted molar refractivity (Wildman–Crippen MR) is 191 cm³/mol. The maximum absolute atomic E-state index is 10.4. The van der Waals surface area contributed by atoms with Crippen molar-refractivity contribution in [1.29, 1.82) is 5.26 Å². The fraction of sp³-hybridized carbons (Fsp3) is 0. The monoisotopic (exact) mass is 619 g/mol. The molecular formula is C41H25N5O2. The van der Waals surface area contributed by atoms with Crippen molar-refractivity contribution in [1.82, 2.24) is 9.97 Å². The largest absolute Gasteiger partial charge is 0.454 e. The van der Waals surface area contributed by atoms with Crippen LogP contribution >= 0.6 is 0 Å². The van der Waals surface area contributed by atoms with Gasteiger partial charge in [0, 0.05) is 68.8 Å². The van der Waals surface area contributed by atoms with Crippen LogP contribution in [0.2, 0.25) is 0 Å². The van der Waals surface area contributed by atoms with E-state index in [4.69, 9.17) is 18.8 Å². The Hall–Kier alpha value is -6.91. The maximum atomic E-state index is 10.4. The molecule has 0 N–H and O–H groups in total. The second-order valence-electron chi connectivity index (χ2n) is 11.4. The molecule has 0 amide bonds. The van der Waals surface area contributed by atoms with E-state index in [1.165, 1.54) is 0 Å². The van der Waals surface area contributed by atoms with Crippen LogP contribution in [0.5, 0.6) is 0 Å². The molecule has 0 bridgehead atoms. The first-order valence-electron chi connectivity index (χ1n) is 15.5. The number of aromatic nitrogens is 2. The molecule has 4 heterocycles. The van der Waals surface area contributed by atoms with Crippen molar-refractivity contribution in [2.45, 2.75) is 0 Å². The fourth-order valence-corrected chi connectivity index (χ4v) is 6.39. The number of benzene rings is 5. The van der Waals surface area contributed by atoms with Crippen molar-refractivity contribution in [3.05, 3.63) is 157 Å². The number of rotatable bonds is 6. The summed E-state index contributed by atoms with van der Waals surface area (Å²) in [6.45, 7) is 0. The molecule has 0 atom stereocenters. The van der Waals surface area contributed by atoms with E-state index in [1.54, 1.807) is 0 Å². The molecule has 9 rings (SSSR count). The van der Waals surface area contributed by atoms with Crippen LogP contribution in [0, 0.1) is 11.3 Å². The van der Waals surface area contributed by atoms with E-state index in [0.29, 0.717) is 39.5 Å². The Kier molecular flexibility index (Phi) is 6.37.